The molecule has 0 spiro atoms. The Balaban J connectivity index is 1.45. The van der Waals surface area contributed by atoms with Crippen molar-refractivity contribution in [1.82, 2.24) is 9.97 Å². The first-order chi connectivity index (χ1) is 16.0. The monoisotopic (exact) mass is 467 g/mol. The van der Waals surface area contributed by atoms with E-state index in [1.165, 1.54) is 11.8 Å². The molecule has 1 amide bonds. The van der Waals surface area contributed by atoms with E-state index < -0.39 is 5.82 Å². The highest BCUT2D eigenvalue weighted by atomic mass is 35.5. The van der Waals surface area contributed by atoms with Crippen LogP contribution in [0.25, 0.3) is 11.4 Å². The minimum atomic E-state index is -0.407. The Bertz CT molecular complexity index is 1180. The van der Waals surface area contributed by atoms with E-state index in [2.05, 4.69) is 27.3 Å². The summed E-state index contributed by atoms with van der Waals surface area (Å²) in [5, 5.41) is 2.66. The minimum absolute atomic E-state index is 0.101. The van der Waals surface area contributed by atoms with E-state index >= 15 is 0 Å². The number of anilines is 3. The maximum Gasteiger partial charge on any atom is 0.246 e. The van der Waals surface area contributed by atoms with Crippen molar-refractivity contribution in [1.29, 1.82) is 0 Å². The molecule has 33 heavy (non-hydrogen) atoms. The van der Waals surface area contributed by atoms with E-state index in [4.69, 9.17) is 16.6 Å². The van der Waals surface area contributed by atoms with E-state index in [1.54, 1.807) is 35.2 Å². The van der Waals surface area contributed by atoms with Crippen molar-refractivity contribution in [3.63, 3.8) is 0 Å². The van der Waals surface area contributed by atoms with Crippen LogP contribution in [0.1, 0.15) is 5.56 Å². The molecule has 2 N–H and O–H groups in total. The van der Waals surface area contributed by atoms with Crippen LogP contribution in [0.3, 0.4) is 0 Å². The number of aromatic nitrogens is 2. The van der Waals surface area contributed by atoms with Crippen LogP contribution in [-0.4, -0.2) is 55.6 Å². The van der Waals surface area contributed by atoms with Gasteiger partial charge in [0, 0.05) is 35.4 Å². The second-order valence-electron chi connectivity index (χ2n) is 8.35. The maximum absolute atomic E-state index is 14.4. The molecule has 2 aliphatic heterocycles. The topological polar surface area (TPSA) is 69.2 Å². The molecule has 0 atom stereocenters. The molecule has 0 radical (unpaired) electrons. The van der Waals surface area contributed by atoms with Crippen molar-refractivity contribution in [2.24, 2.45) is 0 Å². The number of quaternary nitrogens is 1. The Morgan fingerprint density at radius 2 is 1.88 bits per heavy atom. The molecule has 2 aliphatic rings. The van der Waals surface area contributed by atoms with Crippen LogP contribution in [0, 0.1) is 5.82 Å². The van der Waals surface area contributed by atoms with E-state index in [0.29, 0.717) is 27.9 Å². The van der Waals surface area contributed by atoms with Gasteiger partial charge in [0.2, 0.25) is 5.91 Å². The van der Waals surface area contributed by atoms with Gasteiger partial charge in [-0.3, -0.25) is 4.79 Å². The number of likely N-dealkylation sites (N-methyl/N-ethyl adjacent to an activating group) is 1. The second kappa shape index (κ2) is 8.96. The van der Waals surface area contributed by atoms with E-state index in [0.717, 1.165) is 31.7 Å². The van der Waals surface area contributed by atoms with Gasteiger partial charge in [-0.15, -0.1) is 0 Å². The van der Waals surface area contributed by atoms with Crippen molar-refractivity contribution < 1.29 is 14.5 Å². The molecule has 0 unspecified atom stereocenters. The summed E-state index contributed by atoms with van der Waals surface area (Å²) >= 11 is 5.89. The third kappa shape index (κ3) is 4.36. The zero-order chi connectivity index (χ0) is 22.9. The molecular formula is C24H25ClFN6O+. The van der Waals surface area contributed by atoms with Crippen molar-refractivity contribution in [3.8, 4) is 11.4 Å². The number of nitrogens with two attached hydrogens (primary N) is 1. The fourth-order valence-electron chi connectivity index (χ4n) is 4.27. The smallest absolute Gasteiger partial charge is 0.246 e. The SMILES string of the molecule is CN1C(=O)CN(Cc2ccc(Cl)cc2F)c2nc(-c3ccc(N4CC[NH2+]CC4)cc3)ncc21. The molecule has 3 heterocycles. The number of fused-ring (bicyclic) bond motifs is 1. The molecule has 9 heteroatoms. The second-order valence-corrected chi connectivity index (χ2v) is 8.78. The third-order valence-corrected chi connectivity index (χ3v) is 6.42. The summed E-state index contributed by atoms with van der Waals surface area (Å²) in [6.07, 6.45) is 1.66. The number of amides is 1. The Labute approximate surface area is 196 Å². The summed E-state index contributed by atoms with van der Waals surface area (Å²) in [6.45, 7) is 4.58. The van der Waals surface area contributed by atoms with Gasteiger partial charge >= 0.3 is 0 Å². The Kier molecular flexibility index (Phi) is 5.86. The highest BCUT2D eigenvalue weighted by molar-refractivity contribution is 6.30. The zero-order valence-corrected chi connectivity index (χ0v) is 19.1. The molecule has 7 nitrogen and oxygen atoms in total. The Morgan fingerprint density at radius 3 is 2.61 bits per heavy atom. The van der Waals surface area contributed by atoms with Crippen molar-refractivity contribution in [3.05, 3.63) is 65.1 Å². The van der Waals surface area contributed by atoms with Crippen molar-refractivity contribution >= 4 is 34.7 Å². The van der Waals surface area contributed by atoms with E-state index in [9.17, 15) is 9.18 Å². The van der Waals surface area contributed by atoms with E-state index in [-0.39, 0.29) is 19.0 Å². The summed E-state index contributed by atoms with van der Waals surface area (Å²) in [5.74, 6) is 0.663. The van der Waals surface area contributed by atoms with Crippen LogP contribution >= 0.6 is 11.6 Å². The average molecular weight is 468 g/mol. The van der Waals surface area contributed by atoms with E-state index in [1.807, 2.05) is 12.1 Å². The molecule has 170 valence electrons. The highest BCUT2D eigenvalue weighted by Gasteiger charge is 2.29. The third-order valence-electron chi connectivity index (χ3n) is 6.18. The zero-order valence-electron chi connectivity index (χ0n) is 18.3. The van der Waals surface area contributed by atoms with Crippen molar-refractivity contribution in [2.75, 3.05) is 54.5 Å². The normalized spacial score (nSPS) is 16.2. The first-order valence-corrected chi connectivity index (χ1v) is 11.4. The maximum atomic E-state index is 14.4. The standard InChI is InChI=1S/C24H24ClFN6O/c1-30-21-13-28-23(16-3-6-19(7-4-16)31-10-8-27-9-11-31)29-24(21)32(15-22(30)33)14-17-2-5-18(25)12-20(17)26/h2-7,12-13,27H,8-11,14-15H2,1H3/p+1. The number of hydrogen-bond donors (Lipinski definition) is 1. The number of rotatable bonds is 4. The number of benzene rings is 2. The molecule has 3 aromatic rings. The molecule has 1 saturated heterocycles. The van der Waals surface area contributed by atoms with Gasteiger partial charge in [0.1, 0.15) is 11.5 Å². The molecule has 0 saturated carbocycles. The van der Waals surface area contributed by atoms with Crippen LogP contribution in [0.4, 0.5) is 21.6 Å². The van der Waals surface area contributed by atoms with Gasteiger partial charge in [-0.2, -0.15) is 0 Å². The van der Waals surface area contributed by atoms with Gasteiger partial charge in [-0.1, -0.05) is 17.7 Å². The molecule has 0 bridgehead atoms. The lowest BCUT2D eigenvalue weighted by Crippen LogP contribution is -2.89. The first-order valence-electron chi connectivity index (χ1n) is 11.0. The molecular weight excluding hydrogens is 443 g/mol. The number of carbonyl (C=O) groups is 1. The Hall–Kier alpha value is -3.23. The van der Waals surface area contributed by atoms with Gasteiger partial charge < -0.3 is 20.0 Å². The molecule has 0 aliphatic carbocycles. The van der Waals surface area contributed by atoms with Crippen LogP contribution in [-0.2, 0) is 11.3 Å². The van der Waals surface area contributed by atoms with Crippen LogP contribution in [0.15, 0.2) is 48.7 Å². The molecule has 1 fully saturated rings. The number of halogens is 2. The highest BCUT2D eigenvalue weighted by Crippen LogP contribution is 2.34. The largest absolute Gasteiger partial charge is 0.360 e. The number of nitrogens with zero attached hydrogens (tertiary/aromatic N) is 5. The Morgan fingerprint density at radius 1 is 1.12 bits per heavy atom. The molecule has 1 aromatic heterocycles. The summed E-state index contributed by atoms with van der Waals surface area (Å²) in [7, 11) is 1.70. The van der Waals surface area contributed by atoms with Gasteiger partial charge in [-0.25, -0.2) is 14.4 Å². The fraction of sp³-hybridized carbons (Fsp3) is 0.292. The summed E-state index contributed by atoms with van der Waals surface area (Å²) in [6, 6.07) is 12.8. The lowest BCUT2D eigenvalue weighted by molar-refractivity contribution is -0.655. The van der Waals surface area contributed by atoms with Gasteiger partial charge in [0.05, 0.1) is 38.9 Å². The van der Waals surface area contributed by atoms with Crippen molar-refractivity contribution in [2.45, 2.75) is 6.54 Å². The predicted octanol–water partition coefficient (Wildman–Crippen LogP) is 2.30. The summed E-state index contributed by atoms with van der Waals surface area (Å²) in [4.78, 5) is 27.6. The number of hydrogen-bond acceptors (Lipinski definition) is 5. The average Bonchev–Trinajstić information content (AvgIpc) is 2.84. The quantitative estimate of drug-likeness (QED) is 0.637. The lowest BCUT2D eigenvalue weighted by Gasteiger charge is -2.34. The summed E-state index contributed by atoms with van der Waals surface area (Å²) in [5.41, 5.74) is 3.13. The lowest BCUT2D eigenvalue weighted by atomic mass is 10.1. The first kappa shape index (κ1) is 21.6. The van der Waals surface area contributed by atoms with Crippen LogP contribution in [0.2, 0.25) is 5.02 Å². The molecule has 5 rings (SSSR count). The fourth-order valence-corrected chi connectivity index (χ4v) is 4.43. The predicted molar refractivity (Wildman–Crippen MR) is 127 cm³/mol. The van der Waals surface area contributed by atoms with Gasteiger partial charge in [0.15, 0.2) is 11.6 Å². The van der Waals surface area contributed by atoms with Crippen LogP contribution in [0.5, 0.6) is 0 Å². The van der Waals surface area contributed by atoms with Gasteiger partial charge in [0.25, 0.3) is 0 Å². The van der Waals surface area contributed by atoms with Gasteiger partial charge in [-0.05, 0) is 36.4 Å². The minimum Gasteiger partial charge on any atom is -0.360 e. The molecule has 2 aromatic carbocycles. The summed E-state index contributed by atoms with van der Waals surface area (Å²) < 4.78 is 14.4. The number of piperazine rings is 1. The number of carbonyl (C=O) groups excluding carboxylic acids is 1. The van der Waals surface area contributed by atoms with Crippen LogP contribution < -0.4 is 20.0 Å².